The molecule has 25 heavy (non-hydrogen) atoms. The van der Waals surface area contributed by atoms with Crippen molar-refractivity contribution in [2.45, 2.75) is 31.9 Å². The van der Waals surface area contributed by atoms with Gasteiger partial charge in [-0.2, -0.15) is 8.78 Å². The summed E-state index contributed by atoms with van der Waals surface area (Å²) in [7, 11) is 0. The maximum atomic E-state index is 14.1. The highest BCUT2D eigenvalue weighted by molar-refractivity contribution is 5.65. The largest absolute Gasteiger partial charge is 0.444 e. The fourth-order valence-corrected chi connectivity index (χ4v) is 2.79. The van der Waals surface area contributed by atoms with Crippen molar-refractivity contribution in [3.8, 4) is 5.75 Å². The number of benzene rings is 2. The Balaban J connectivity index is 2.11. The zero-order chi connectivity index (χ0) is 18.4. The van der Waals surface area contributed by atoms with Crippen molar-refractivity contribution in [1.29, 1.82) is 0 Å². The average molecular weight is 357 g/mol. The highest BCUT2D eigenvalue weighted by Crippen LogP contribution is 2.46. The van der Waals surface area contributed by atoms with E-state index in [4.69, 9.17) is 0 Å². The number of anilines is 1. The second kappa shape index (κ2) is 6.20. The van der Waals surface area contributed by atoms with Crippen LogP contribution in [-0.4, -0.2) is 22.5 Å². The highest BCUT2D eigenvalue weighted by Gasteiger charge is 2.51. The molecule has 4 nitrogen and oxygen atoms in total. The van der Waals surface area contributed by atoms with Crippen LogP contribution in [0.15, 0.2) is 36.4 Å². The molecule has 134 valence electrons. The Hall–Kier alpha value is -2.32. The van der Waals surface area contributed by atoms with Gasteiger partial charge in [0.2, 0.25) is 6.23 Å². The van der Waals surface area contributed by atoms with Crippen LogP contribution in [0.1, 0.15) is 24.2 Å². The van der Waals surface area contributed by atoms with E-state index in [1.807, 2.05) is 0 Å². The Kier molecular flexibility index (Phi) is 4.34. The number of rotatable bonds is 3. The molecule has 1 aliphatic heterocycles. The van der Waals surface area contributed by atoms with Crippen LogP contribution >= 0.6 is 0 Å². The lowest BCUT2D eigenvalue weighted by atomic mass is 10.0. The van der Waals surface area contributed by atoms with E-state index in [9.17, 15) is 27.8 Å². The van der Waals surface area contributed by atoms with E-state index in [0.29, 0.717) is 5.56 Å². The Bertz CT molecular complexity index is 797. The molecule has 8 heteroatoms. The highest BCUT2D eigenvalue weighted by atomic mass is 19.3. The molecule has 1 heterocycles. The third-order valence-corrected chi connectivity index (χ3v) is 3.93. The molecule has 0 saturated heterocycles. The quantitative estimate of drug-likeness (QED) is 0.828. The van der Waals surface area contributed by atoms with E-state index in [1.165, 1.54) is 25.1 Å². The summed E-state index contributed by atoms with van der Waals surface area (Å²) in [5.74, 6) is -2.02. The molecule has 0 bridgehead atoms. The monoisotopic (exact) mass is 357 g/mol. The van der Waals surface area contributed by atoms with Gasteiger partial charge in [0.15, 0.2) is 5.75 Å². The molecule has 0 radical (unpaired) electrons. The van der Waals surface area contributed by atoms with Crippen LogP contribution in [0, 0.1) is 11.6 Å². The first-order valence-corrected chi connectivity index (χ1v) is 7.47. The van der Waals surface area contributed by atoms with Gasteiger partial charge in [0.05, 0.1) is 17.4 Å². The maximum Gasteiger partial charge on any atom is 0.444 e. The first-order chi connectivity index (χ1) is 11.7. The van der Waals surface area contributed by atoms with Crippen molar-refractivity contribution >= 4 is 5.69 Å². The molecule has 2 aromatic carbocycles. The minimum Gasteiger partial charge on any atom is -0.426 e. The summed E-state index contributed by atoms with van der Waals surface area (Å²) in [5.41, 5.74) is -0.140. The fraction of sp³-hybridized carbons (Fsp3) is 0.294. The molecule has 0 spiro atoms. The summed E-state index contributed by atoms with van der Waals surface area (Å²) < 4.78 is 60.0. The minimum atomic E-state index is -4.04. The lowest BCUT2D eigenvalue weighted by Crippen LogP contribution is -2.54. The van der Waals surface area contributed by atoms with Gasteiger partial charge < -0.3 is 19.8 Å². The van der Waals surface area contributed by atoms with Crippen LogP contribution in [-0.2, 0) is 6.54 Å². The normalized spacial score (nSPS) is 20.0. The molecule has 2 aromatic rings. The number of aliphatic hydroxyl groups excluding tert-OH is 2. The van der Waals surface area contributed by atoms with Crippen LogP contribution < -0.4 is 9.64 Å². The van der Waals surface area contributed by atoms with Gasteiger partial charge in [-0.15, -0.1) is 0 Å². The van der Waals surface area contributed by atoms with Gasteiger partial charge in [-0.25, -0.2) is 8.78 Å². The van der Waals surface area contributed by atoms with Crippen LogP contribution in [0.5, 0.6) is 5.75 Å². The van der Waals surface area contributed by atoms with Gasteiger partial charge in [-0.1, -0.05) is 12.1 Å². The van der Waals surface area contributed by atoms with Crippen LogP contribution in [0.2, 0.25) is 0 Å². The molecule has 0 aromatic heterocycles. The third kappa shape index (κ3) is 3.14. The van der Waals surface area contributed by atoms with Gasteiger partial charge in [-0.3, -0.25) is 0 Å². The summed E-state index contributed by atoms with van der Waals surface area (Å²) in [5, 5.41) is 19.7. The molecule has 0 fully saturated rings. The molecule has 2 atom stereocenters. The smallest absolute Gasteiger partial charge is 0.426 e. The zero-order valence-corrected chi connectivity index (χ0v) is 13.1. The van der Waals surface area contributed by atoms with Crippen LogP contribution in [0.3, 0.4) is 0 Å². The number of nitrogens with zero attached hydrogens (tertiary/aromatic N) is 1. The van der Waals surface area contributed by atoms with E-state index in [0.717, 1.165) is 23.1 Å². The molecule has 1 aliphatic rings. The summed E-state index contributed by atoms with van der Waals surface area (Å²) in [4.78, 5) is 0.874. The Morgan fingerprint density at radius 2 is 1.96 bits per heavy atom. The topological polar surface area (TPSA) is 52.9 Å². The first kappa shape index (κ1) is 17.5. The average Bonchev–Trinajstić information content (AvgIpc) is 2.51. The Morgan fingerprint density at radius 1 is 1.24 bits per heavy atom. The lowest BCUT2D eigenvalue weighted by molar-refractivity contribution is -0.246. The number of fused-ring (bicyclic) bond motifs is 1. The van der Waals surface area contributed by atoms with E-state index in [2.05, 4.69) is 4.74 Å². The van der Waals surface area contributed by atoms with Gasteiger partial charge in [0.25, 0.3) is 0 Å². The van der Waals surface area contributed by atoms with E-state index in [-0.39, 0.29) is 12.2 Å². The standard InChI is InChI=1S/C17H15F4NO3/c1-9(23)14-12(19)5-6-13-15(14)25-17(20,21)16(24)22(13)8-10-3-2-4-11(18)7-10/h2-7,9,16,23-24H,8H2,1H3/t9-,16?/m1/s1. The number of alkyl halides is 2. The molecule has 2 N–H and O–H groups in total. The van der Waals surface area contributed by atoms with Crippen molar-refractivity contribution < 1.29 is 32.5 Å². The third-order valence-electron chi connectivity index (χ3n) is 3.93. The lowest BCUT2D eigenvalue weighted by Gasteiger charge is -2.40. The predicted molar refractivity (Wildman–Crippen MR) is 81.2 cm³/mol. The Morgan fingerprint density at radius 3 is 2.60 bits per heavy atom. The van der Waals surface area contributed by atoms with E-state index < -0.39 is 41.4 Å². The van der Waals surface area contributed by atoms with Crippen molar-refractivity contribution in [2.24, 2.45) is 0 Å². The van der Waals surface area contributed by atoms with Crippen LogP contribution in [0.4, 0.5) is 23.2 Å². The predicted octanol–water partition coefficient (Wildman–Crippen LogP) is 3.33. The summed E-state index contributed by atoms with van der Waals surface area (Å²) in [6.07, 6.45) is -7.81. The zero-order valence-electron chi connectivity index (χ0n) is 13.1. The second-order valence-corrected chi connectivity index (χ2v) is 5.78. The summed E-state index contributed by atoms with van der Waals surface area (Å²) in [6.45, 7) is 0.942. The number of aliphatic hydroxyl groups is 2. The molecule has 0 amide bonds. The van der Waals surface area contributed by atoms with Gasteiger partial charge in [0.1, 0.15) is 11.6 Å². The molecule has 3 rings (SSSR count). The minimum absolute atomic E-state index is 0.0278. The molecule has 0 aliphatic carbocycles. The van der Waals surface area contributed by atoms with Gasteiger partial charge >= 0.3 is 6.11 Å². The number of halogens is 4. The summed E-state index contributed by atoms with van der Waals surface area (Å²) >= 11 is 0. The first-order valence-electron chi connectivity index (χ1n) is 7.47. The molecule has 0 saturated carbocycles. The van der Waals surface area contributed by atoms with E-state index >= 15 is 0 Å². The van der Waals surface area contributed by atoms with Crippen molar-refractivity contribution in [3.63, 3.8) is 0 Å². The van der Waals surface area contributed by atoms with E-state index in [1.54, 1.807) is 0 Å². The fourth-order valence-electron chi connectivity index (χ4n) is 2.79. The van der Waals surface area contributed by atoms with Gasteiger partial charge in [-0.05, 0) is 36.8 Å². The molecular weight excluding hydrogens is 342 g/mol. The number of hydrogen-bond donors (Lipinski definition) is 2. The Labute approximate surface area is 140 Å². The van der Waals surface area contributed by atoms with Crippen molar-refractivity contribution in [1.82, 2.24) is 0 Å². The summed E-state index contributed by atoms with van der Waals surface area (Å²) in [6, 6.07) is 7.39. The second-order valence-electron chi connectivity index (χ2n) is 5.78. The number of ether oxygens (including phenoxy) is 1. The van der Waals surface area contributed by atoms with Gasteiger partial charge in [0, 0.05) is 6.54 Å². The molecule has 1 unspecified atom stereocenters. The van der Waals surface area contributed by atoms with Crippen molar-refractivity contribution in [3.05, 3.63) is 59.2 Å². The SMILES string of the molecule is C[C@@H](O)c1c(F)ccc2c1OC(F)(F)C(O)N2Cc1cccc(F)c1. The maximum absolute atomic E-state index is 14.1. The molecular formula is C17H15F4NO3. The number of hydrogen-bond acceptors (Lipinski definition) is 4. The van der Waals surface area contributed by atoms with Crippen molar-refractivity contribution in [2.75, 3.05) is 4.90 Å². The van der Waals surface area contributed by atoms with Crippen LogP contribution in [0.25, 0.3) is 0 Å².